The first-order valence-corrected chi connectivity index (χ1v) is 6.40. The van der Waals surface area contributed by atoms with E-state index < -0.39 is 15.9 Å². The Morgan fingerprint density at radius 3 is 2.47 bits per heavy atom. The maximum absolute atomic E-state index is 11.2. The Bertz CT molecular complexity index is 768. The minimum Gasteiger partial charge on any atom is -0.731 e. The summed E-state index contributed by atoms with van der Waals surface area (Å²) in [6.45, 7) is 1.74. The van der Waals surface area contributed by atoms with Gasteiger partial charge in [0.2, 0.25) is 0 Å². The van der Waals surface area contributed by atoms with Gasteiger partial charge in [-0.3, -0.25) is 4.31 Å². The Hall–Kier alpha value is -0.860. The molecule has 6 nitrogen and oxygen atoms in total. The van der Waals surface area contributed by atoms with Gasteiger partial charge in [-0.1, -0.05) is 0 Å². The first-order chi connectivity index (χ1) is 8.29. The maximum Gasteiger partial charge on any atom is 1.00 e. The fraction of sp³-hybridized carbons (Fsp3) is 0.182. The summed E-state index contributed by atoms with van der Waals surface area (Å²) in [5, 5.41) is 0.690. The fourth-order valence-electron chi connectivity index (χ4n) is 1.64. The number of rotatable bonds is 2. The molecule has 0 unspecified atom stereocenters. The monoisotopic (exact) mass is 291 g/mol. The molecule has 8 heteroatoms. The third-order valence-corrected chi connectivity index (χ3v) is 3.52. The molecular formula is C11H10NNaO5S. The predicted octanol–water partition coefficient (Wildman–Crippen LogP) is -2.00. The second-order valence-corrected chi connectivity index (χ2v) is 5.26. The third-order valence-electron chi connectivity index (χ3n) is 2.63. The molecule has 0 saturated carbocycles. The molecule has 2 aromatic rings. The third kappa shape index (κ3) is 3.37. The van der Waals surface area contributed by atoms with Crippen LogP contribution in [-0.4, -0.2) is 20.0 Å². The van der Waals surface area contributed by atoms with Crippen LogP contribution in [0.1, 0.15) is 5.56 Å². The summed E-state index contributed by atoms with van der Waals surface area (Å²) in [5.41, 5.74) is 0.587. The SMILES string of the molecule is Cc1cc(=O)oc2cc(N(C)S(=O)(=O)[O-])ccc12.[Na+]. The summed E-state index contributed by atoms with van der Waals surface area (Å²) in [6, 6.07) is 5.77. The Balaban J connectivity index is 0.00000180. The molecule has 96 valence electrons. The number of fused-ring (bicyclic) bond motifs is 1. The van der Waals surface area contributed by atoms with Crippen LogP contribution in [0.15, 0.2) is 33.5 Å². The topological polar surface area (TPSA) is 90.7 Å². The summed E-state index contributed by atoms with van der Waals surface area (Å²) in [4.78, 5) is 11.2. The average Bonchev–Trinajstić information content (AvgIpc) is 2.25. The van der Waals surface area contributed by atoms with Crippen molar-refractivity contribution in [1.29, 1.82) is 0 Å². The quantitative estimate of drug-likeness (QED) is 0.363. The number of nitrogens with zero attached hydrogens (tertiary/aromatic N) is 1. The van der Waals surface area contributed by atoms with E-state index in [2.05, 4.69) is 0 Å². The molecular weight excluding hydrogens is 281 g/mol. The molecule has 0 aliphatic rings. The van der Waals surface area contributed by atoms with Crippen molar-refractivity contribution in [3.63, 3.8) is 0 Å². The van der Waals surface area contributed by atoms with Gasteiger partial charge < -0.3 is 8.97 Å². The zero-order valence-corrected chi connectivity index (χ0v) is 13.5. The van der Waals surface area contributed by atoms with Gasteiger partial charge in [-0.05, 0) is 24.6 Å². The van der Waals surface area contributed by atoms with Gasteiger partial charge in [-0.2, -0.15) is 0 Å². The van der Waals surface area contributed by atoms with Gasteiger partial charge in [0, 0.05) is 24.6 Å². The van der Waals surface area contributed by atoms with Crippen LogP contribution >= 0.6 is 0 Å². The molecule has 0 spiro atoms. The minimum absolute atomic E-state index is 0. The molecule has 0 aliphatic heterocycles. The summed E-state index contributed by atoms with van der Waals surface area (Å²) < 4.78 is 38.2. The zero-order valence-electron chi connectivity index (χ0n) is 10.7. The summed E-state index contributed by atoms with van der Waals surface area (Å²) >= 11 is 0. The van der Waals surface area contributed by atoms with Gasteiger partial charge in [0.15, 0.2) is 10.3 Å². The second kappa shape index (κ2) is 5.64. The van der Waals surface area contributed by atoms with E-state index in [-0.39, 0.29) is 40.8 Å². The Kier molecular flexibility index (Phi) is 4.81. The van der Waals surface area contributed by atoms with Crippen LogP contribution in [0.5, 0.6) is 0 Å². The molecule has 1 aromatic heterocycles. The van der Waals surface area contributed by atoms with Crippen LogP contribution in [-0.2, 0) is 10.3 Å². The predicted molar refractivity (Wildman–Crippen MR) is 65.3 cm³/mol. The molecule has 2 rings (SSSR count). The van der Waals surface area contributed by atoms with E-state index in [1.165, 1.54) is 18.2 Å². The van der Waals surface area contributed by atoms with E-state index in [0.29, 0.717) is 9.69 Å². The van der Waals surface area contributed by atoms with Crippen molar-refractivity contribution < 1.29 is 46.9 Å². The van der Waals surface area contributed by atoms with E-state index in [1.807, 2.05) is 0 Å². The maximum atomic E-state index is 11.2. The van der Waals surface area contributed by atoms with E-state index in [4.69, 9.17) is 4.42 Å². The van der Waals surface area contributed by atoms with E-state index in [0.717, 1.165) is 12.6 Å². The van der Waals surface area contributed by atoms with Gasteiger partial charge in [0.25, 0.3) is 0 Å². The molecule has 0 fully saturated rings. The molecule has 19 heavy (non-hydrogen) atoms. The number of aryl methyl sites for hydroxylation is 1. The first kappa shape index (κ1) is 16.2. The molecule has 1 aromatic carbocycles. The molecule has 0 N–H and O–H groups in total. The van der Waals surface area contributed by atoms with E-state index in [1.54, 1.807) is 13.0 Å². The van der Waals surface area contributed by atoms with Crippen molar-refractivity contribution in [2.75, 3.05) is 11.4 Å². The van der Waals surface area contributed by atoms with Crippen LogP contribution < -0.4 is 39.5 Å². The van der Waals surface area contributed by atoms with Crippen LogP contribution in [0.2, 0.25) is 0 Å². The van der Waals surface area contributed by atoms with Gasteiger partial charge in [-0.25, -0.2) is 13.2 Å². The van der Waals surface area contributed by atoms with Crippen LogP contribution in [0, 0.1) is 6.92 Å². The van der Waals surface area contributed by atoms with Gasteiger partial charge in [0.1, 0.15) is 5.58 Å². The molecule has 0 bridgehead atoms. The van der Waals surface area contributed by atoms with Crippen molar-refractivity contribution >= 4 is 27.0 Å². The van der Waals surface area contributed by atoms with E-state index in [9.17, 15) is 17.8 Å². The summed E-state index contributed by atoms with van der Waals surface area (Å²) in [6.07, 6.45) is 0. The van der Waals surface area contributed by atoms with Crippen molar-refractivity contribution in [2.24, 2.45) is 0 Å². The first-order valence-electron chi connectivity index (χ1n) is 5.03. The van der Waals surface area contributed by atoms with Gasteiger partial charge in [0.05, 0.1) is 5.69 Å². The van der Waals surface area contributed by atoms with Crippen LogP contribution in [0.4, 0.5) is 5.69 Å². The molecule has 0 atom stereocenters. The Labute approximate surface area is 132 Å². The molecule has 0 amide bonds. The number of benzene rings is 1. The smallest absolute Gasteiger partial charge is 0.731 e. The Morgan fingerprint density at radius 1 is 1.26 bits per heavy atom. The summed E-state index contributed by atoms with van der Waals surface area (Å²) in [5.74, 6) is 0. The van der Waals surface area contributed by atoms with Crippen LogP contribution in [0.3, 0.4) is 0 Å². The molecule has 1 heterocycles. The number of hydrogen-bond acceptors (Lipinski definition) is 5. The number of hydrogen-bond donors (Lipinski definition) is 0. The average molecular weight is 291 g/mol. The fourth-order valence-corrected chi connectivity index (χ4v) is 2.01. The minimum atomic E-state index is -4.58. The second-order valence-electron chi connectivity index (χ2n) is 3.85. The van der Waals surface area contributed by atoms with E-state index >= 15 is 0 Å². The van der Waals surface area contributed by atoms with Crippen LogP contribution in [0.25, 0.3) is 11.0 Å². The molecule has 0 saturated heterocycles. The van der Waals surface area contributed by atoms with Crippen molar-refractivity contribution in [3.8, 4) is 0 Å². The van der Waals surface area contributed by atoms with Crippen molar-refractivity contribution in [2.45, 2.75) is 6.92 Å². The van der Waals surface area contributed by atoms with Crippen molar-refractivity contribution in [1.82, 2.24) is 0 Å². The molecule has 0 radical (unpaired) electrons. The largest absolute Gasteiger partial charge is 1.00 e. The molecule has 0 aliphatic carbocycles. The normalized spacial score (nSPS) is 11.1. The van der Waals surface area contributed by atoms with Gasteiger partial charge in [-0.15, -0.1) is 0 Å². The summed E-state index contributed by atoms with van der Waals surface area (Å²) in [7, 11) is -3.44. The standard InChI is InChI=1S/C11H11NO5S.Na/c1-7-5-11(13)17-10-6-8(3-4-9(7)10)12(2)18(14,15)16;/h3-6H,1-2H3,(H,14,15,16);/q;+1/p-1. The van der Waals surface area contributed by atoms with Gasteiger partial charge >= 0.3 is 35.2 Å². The van der Waals surface area contributed by atoms with Crippen molar-refractivity contribution in [3.05, 3.63) is 40.2 Å². The Morgan fingerprint density at radius 2 is 1.89 bits per heavy atom. The zero-order chi connectivity index (χ0) is 13.5. The number of anilines is 1.